The normalized spacial score (nSPS) is 24.8. The molecule has 2 bridgehead atoms. The summed E-state index contributed by atoms with van der Waals surface area (Å²) in [6.45, 7) is 6.63. The van der Waals surface area contributed by atoms with E-state index in [1.807, 2.05) is 42.8 Å². The van der Waals surface area contributed by atoms with Crippen LogP contribution in [0, 0.1) is 37.5 Å². The van der Waals surface area contributed by atoms with E-state index in [2.05, 4.69) is 17.3 Å². The number of hydrogen-bond acceptors (Lipinski definition) is 3. The molecule has 0 spiro atoms. The molecule has 0 radical (unpaired) electrons. The molecule has 178 valence electrons. The van der Waals surface area contributed by atoms with Gasteiger partial charge in [0, 0.05) is 22.9 Å². The predicted molar refractivity (Wildman–Crippen MR) is 129 cm³/mol. The summed E-state index contributed by atoms with van der Waals surface area (Å²) in [6, 6.07) is 7.96. The summed E-state index contributed by atoms with van der Waals surface area (Å²) in [5.74, 6) is 1.60. The number of carboxylic acids is 1. The Bertz CT molecular complexity index is 995. The average Bonchev–Trinajstić information content (AvgIpc) is 3.34. The fourth-order valence-corrected chi connectivity index (χ4v) is 6.05. The fraction of sp³-hybridized carbons (Fsp3) is 0.593. The molecule has 2 saturated carbocycles. The van der Waals surface area contributed by atoms with Crippen molar-refractivity contribution >= 4 is 17.6 Å². The Morgan fingerprint density at radius 1 is 1.09 bits per heavy atom. The number of amides is 1. The second kappa shape index (κ2) is 10.1. The number of anilines is 1. The summed E-state index contributed by atoms with van der Waals surface area (Å²) in [5, 5.41) is 16.8. The van der Waals surface area contributed by atoms with Crippen LogP contribution >= 0.6 is 0 Å². The van der Waals surface area contributed by atoms with Gasteiger partial charge in [-0.25, -0.2) is 0 Å². The molecule has 4 rings (SSSR count). The first-order valence-electron chi connectivity index (χ1n) is 12.5. The molecule has 6 heteroatoms. The van der Waals surface area contributed by atoms with E-state index in [1.165, 1.54) is 38.5 Å². The van der Waals surface area contributed by atoms with Crippen molar-refractivity contribution in [3.8, 4) is 0 Å². The van der Waals surface area contributed by atoms with Gasteiger partial charge in [0.25, 0.3) is 0 Å². The standard InChI is InChI=1S/C27H37N3O3/c1-4-19-8-12-24(22-9-5-21(13-19)14-22)27(33)28-23-10-6-20(7-11-23)16-30-18(3)25(15-26(31)32)17(2)29-30/h6-7,10-11,19,21-22,24H,4-5,8-9,12-16H2,1-3H3,(H,28,33)(H,31,32)/t19?,21-,22?,24?/m0/s1. The van der Waals surface area contributed by atoms with Gasteiger partial charge < -0.3 is 10.4 Å². The molecule has 1 amide bonds. The van der Waals surface area contributed by atoms with Crippen LogP contribution in [0.3, 0.4) is 0 Å². The minimum Gasteiger partial charge on any atom is -0.481 e. The quantitative estimate of drug-likeness (QED) is 0.594. The number of carboxylic acid groups (broad SMARTS) is 1. The highest BCUT2D eigenvalue weighted by Crippen LogP contribution is 2.44. The van der Waals surface area contributed by atoms with Gasteiger partial charge >= 0.3 is 5.97 Å². The van der Waals surface area contributed by atoms with Crippen molar-refractivity contribution in [1.82, 2.24) is 9.78 Å². The van der Waals surface area contributed by atoms with Gasteiger partial charge in [-0.05, 0) is 81.4 Å². The molecule has 33 heavy (non-hydrogen) atoms. The van der Waals surface area contributed by atoms with E-state index in [0.717, 1.165) is 46.5 Å². The van der Waals surface area contributed by atoms with Crippen molar-refractivity contribution in [2.75, 3.05) is 5.32 Å². The van der Waals surface area contributed by atoms with Crippen LogP contribution in [0.1, 0.15) is 74.4 Å². The number of aromatic nitrogens is 2. The highest BCUT2D eigenvalue weighted by atomic mass is 16.4. The second-order valence-corrected chi connectivity index (χ2v) is 10.2. The van der Waals surface area contributed by atoms with Crippen LogP contribution in [0.25, 0.3) is 0 Å². The topological polar surface area (TPSA) is 84.2 Å². The molecule has 2 aliphatic rings. The number of rotatable bonds is 7. The van der Waals surface area contributed by atoms with Crippen LogP contribution < -0.4 is 5.32 Å². The average molecular weight is 452 g/mol. The molecule has 1 aromatic heterocycles. The number of fused-ring (bicyclic) bond motifs is 2. The predicted octanol–water partition coefficient (Wildman–Crippen LogP) is 5.36. The van der Waals surface area contributed by atoms with Crippen molar-refractivity contribution in [3.63, 3.8) is 0 Å². The lowest BCUT2D eigenvalue weighted by atomic mass is 9.78. The lowest BCUT2D eigenvalue weighted by Gasteiger charge is -2.29. The van der Waals surface area contributed by atoms with E-state index < -0.39 is 5.97 Å². The largest absolute Gasteiger partial charge is 0.481 e. The molecule has 2 N–H and O–H groups in total. The van der Waals surface area contributed by atoms with Gasteiger partial charge in [0.15, 0.2) is 0 Å². The zero-order valence-electron chi connectivity index (χ0n) is 20.1. The lowest BCUT2D eigenvalue weighted by molar-refractivity contribution is -0.136. The number of benzene rings is 1. The van der Waals surface area contributed by atoms with Gasteiger partial charge in [-0.2, -0.15) is 5.10 Å². The maximum Gasteiger partial charge on any atom is 0.307 e. The molecular formula is C27H37N3O3. The summed E-state index contributed by atoms with van der Waals surface area (Å²) in [6.07, 6.45) is 8.47. The summed E-state index contributed by atoms with van der Waals surface area (Å²) in [7, 11) is 0. The number of nitrogens with zero attached hydrogens (tertiary/aromatic N) is 2. The summed E-state index contributed by atoms with van der Waals surface area (Å²) >= 11 is 0. The van der Waals surface area contributed by atoms with Crippen LogP contribution in [-0.4, -0.2) is 26.8 Å². The molecule has 3 unspecified atom stereocenters. The van der Waals surface area contributed by atoms with E-state index in [-0.39, 0.29) is 18.2 Å². The first-order valence-corrected chi connectivity index (χ1v) is 12.5. The number of hydrogen-bond donors (Lipinski definition) is 2. The smallest absolute Gasteiger partial charge is 0.307 e. The zero-order valence-corrected chi connectivity index (χ0v) is 20.1. The number of nitrogens with one attached hydrogen (secondary N) is 1. The second-order valence-electron chi connectivity index (χ2n) is 10.2. The monoisotopic (exact) mass is 451 g/mol. The van der Waals surface area contributed by atoms with Crippen LogP contribution in [0.15, 0.2) is 24.3 Å². The van der Waals surface area contributed by atoms with Gasteiger partial charge in [0.2, 0.25) is 5.91 Å². The Balaban J connectivity index is 1.39. The molecule has 4 atom stereocenters. The van der Waals surface area contributed by atoms with E-state index in [1.54, 1.807) is 0 Å². The Labute approximate surface area is 196 Å². The third-order valence-corrected chi connectivity index (χ3v) is 8.03. The van der Waals surface area contributed by atoms with Crippen molar-refractivity contribution in [1.29, 1.82) is 0 Å². The molecule has 1 aromatic carbocycles. The van der Waals surface area contributed by atoms with Crippen molar-refractivity contribution in [2.45, 2.75) is 78.7 Å². The minimum absolute atomic E-state index is 0.00938. The van der Waals surface area contributed by atoms with E-state index >= 15 is 0 Å². The van der Waals surface area contributed by atoms with Crippen LogP contribution in [0.2, 0.25) is 0 Å². The Morgan fingerprint density at radius 2 is 1.85 bits per heavy atom. The highest BCUT2D eigenvalue weighted by Gasteiger charge is 2.37. The van der Waals surface area contributed by atoms with Crippen LogP contribution in [0.4, 0.5) is 5.69 Å². The van der Waals surface area contributed by atoms with Crippen molar-refractivity contribution in [2.24, 2.45) is 23.7 Å². The van der Waals surface area contributed by atoms with Gasteiger partial charge in [0.1, 0.15) is 0 Å². The third-order valence-electron chi connectivity index (χ3n) is 8.03. The van der Waals surface area contributed by atoms with E-state index in [9.17, 15) is 9.59 Å². The Kier molecular flexibility index (Phi) is 7.20. The number of aliphatic carboxylic acids is 1. The summed E-state index contributed by atoms with van der Waals surface area (Å²) in [4.78, 5) is 24.3. The maximum absolute atomic E-state index is 13.2. The number of carbonyl (C=O) groups excluding carboxylic acids is 1. The van der Waals surface area contributed by atoms with Gasteiger partial charge in [-0.1, -0.05) is 31.9 Å². The van der Waals surface area contributed by atoms with Gasteiger partial charge in [0.05, 0.1) is 18.7 Å². The third kappa shape index (κ3) is 5.48. The minimum atomic E-state index is -0.844. The van der Waals surface area contributed by atoms with E-state index in [4.69, 9.17) is 5.11 Å². The molecular weight excluding hydrogens is 414 g/mol. The molecule has 2 aromatic rings. The fourth-order valence-electron chi connectivity index (χ4n) is 6.05. The van der Waals surface area contributed by atoms with Crippen LogP contribution in [0.5, 0.6) is 0 Å². The Hall–Kier alpha value is -2.63. The lowest BCUT2D eigenvalue weighted by Crippen LogP contribution is -2.30. The molecule has 6 nitrogen and oxygen atoms in total. The van der Waals surface area contributed by atoms with Crippen LogP contribution in [-0.2, 0) is 22.6 Å². The highest BCUT2D eigenvalue weighted by molar-refractivity contribution is 5.92. The molecule has 0 saturated heterocycles. The first-order chi connectivity index (χ1) is 15.8. The van der Waals surface area contributed by atoms with Gasteiger partial charge in [-0.15, -0.1) is 0 Å². The Morgan fingerprint density at radius 3 is 2.55 bits per heavy atom. The van der Waals surface area contributed by atoms with Crippen molar-refractivity contribution < 1.29 is 14.7 Å². The zero-order chi connectivity index (χ0) is 23.5. The maximum atomic E-state index is 13.2. The number of aryl methyl sites for hydroxylation is 1. The number of carbonyl (C=O) groups is 2. The van der Waals surface area contributed by atoms with Gasteiger partial charge in [-0.3, -0.25) is 14.3 Å². The SMILES string of the molecule is CCC1CCC(C(=O)Nc2ccc(Cn3nc(C)c(CC(=O)O)c3C)cc2)C2CC[C@@H](C1)C2. The van der Waals surface area contributed by atoms with E-state index in [0.29, 0.717) is 12.5 Å². The summed E-state index contributed by atoms with van der Waals surface area (Å²) in [5.41, 5.74) is 4.34. The first kappa shape index (κ1) is 23.5. The molecule has 2 fully saturated rings. The molecule has 2 aliphatic carbocycles. The van der Waals surface area contributed by atoms with Crippen molar-refractivity contribution in [3.05, 3.63) is 46.8 Å². The molecule has 1 heterocycles. The summed E-state index contributed by atoms with van der Waals surface area (Å²) < 4.78 is 1.86. The molecule has 0 aliphatic heterocycles.